The number of aliphatic hydroxyl groups excluding tert-OH is 1. The zero-order valence-electron chi connectivity index (χ0n) is 7.48. The molecule has 0 bridgehead atoms. The fraction of sp³-hybridized carbons (Fsp3) is 1.00. The van der Waals surface area contributed by atoms with Gasteiger partial charge in [0.05, 0.1) is 0 Å². The van der Waals surface area contributed by atoms with Gasteiger partial charge in [0.2, 0.25) is 0 Å². The van der Waals surface area contributed by atoms with Gasteiger partial charge in [-0.25, -0.2) is 0 Å². The lowest BCUT2D eigenvalue weighted by atomic mass is 9.83. The van der Waals surface area contributed by atoms with E-state index in [4.69, 9.17) is 5.11 Å². The van der Waals surface area contributed by atoms with E-state index in [1.807, 2.05) is 0 Å². The summed E-state index contributed by atoms with van der Waals surface area (Å²) in [5.41, 5.74) is 0.190. The second-order valence-corrected chi connectivity index (χ2v) is 3.43. The van der Waals surface area contributed by atoms with Crippen molar-refractivity contribution in [3.8, 4) is 0 Å². The molecule has 0 aromatic carbocycles. The van der Waals surface area contributed by atoms with Crippen LogP contribution in [0.3, 0.4) is 0 Å². The second kappa shape index (κ2) is 4.73. The van der Waals surface area contributed by atoms with E-state index >= 15 is 0 Å². The zero-order chi connectivity index (χ0) is 8.04. The summed E-state index contributed by atoms with van der Waals surface area (Å²) in [5, 5.41) is 9.01. The molecule has 0 aliphatic rings. The molecule has 0 rings (SSSR count). The predicted octanol–water partition coefficient (Wildman–Crippen LogP) is 2.59. The highest BCUT2D eigenvalue weighted by atomic mass is 16.3. The van der Waals surface area contributed by atoms with E-state index in [0.29, 0.717) is 6.61 Å². The van der Waals surface area contributed by atoms with Crippen LogP contribution in [0.1, 0.15) is 46.5 Å². The largest absolute Gasteiger partial charge is 0.396 e. The summed E-state index contributed by atoms with van der Waals surface area (Å²) in [5.74, 6) is 0. The molecule has 1 heteroatoms. The highest BCUT2D eigenvalue weighted by Gasteiger charge is 2.19. The molecule has 1 nitrogen and oxygen atoms in total. The molecule has 62 valence electrons. The number of unbranched alkanes of at least 4 members (excludes halogenated alkanes) is 1. The average molecular weight is 144 g/mol. The van der Waals surface area contributed by atoms with Gasteiger partial charge in [0.25, 0.3) is 0 Å². The smallest absolute Gasteiger partial charge is 0.0484 e. The van der Waals surface area contributed by atoms with Crippen LogP contribution < -0.4 is 0 Å². The molecule has 1 atom stereocenters. The first-order valence-corrected chi connectivity index (χ1v) is 4.29. The van der Waals surface area contributed by atoms with E-state index in [1.54, 1.807) is 0 Å². The number of hydrogen-bond acceptors (Lipinski definition) is 1. The standard InChI is InChI=1S/C9H20O/c1-4-6-7-9(3,5-2)8-10/h10H,4-8H2,1-3H3/t9-/m1/s1. The number of hydrogen-bond donors (Lipinski definition) is 1. The Labute approximate surface area is 64.5 Å². The highest BCUT2D eigenvalue weighted by molar-refractivity contribution is 4.70. The molecule has 1 N–H and O–H groups in total. The first-order chi connectivity index (χ1) is 4.68. The summed E-state index contributed by atoms with van der Waals surface area (Å²) >= 11 is 0. The number of aliphatic hydroxyl groups is 1. The zero-order valence-corrected chi connectivity index (χ0v) is 7.48. The van der Waals surface area contributed by atoms with Gasteiger partial charge in [-0.15, -0.1) is 0 Å². The van der Waals surface area contributed by atoms with E-state index < -0.39 is 0 Å². The Morgan fingerprint density at radius 2 is 1.90 bits per heavy atom. The van der Waals surface area contributed by atoms with Crippen LogP contribution >= 0.6 is 0 Å². The van der Waals surface area contributed by atoms with Crippen LogP contribution in [-0.2, 0) is 0 Å². The van der Waals surface area contributed by atoms with Crippen LogP contribution in [0.5, 0.6) is 0 Å². The Balaban J connectivity index is 3.58. The Hall–Kier alpha value is -0.0400. The van der Waals surface area contributed by atoms with Crippen molar-refractivity contribution in [2.75, 3.05) is 6.61 Å². The topological polar surface area (TPSA) is 20.2 Å². The predicted molar refractivity (Wildman–Crippen MR) is 45.0 cm³/mol. The summed E-state index contributed by atoms with van der Waals surface area (Å²) in [6, 6.07) is 0. The minimum Gasteiger partial charge on any atom is -0.396 e. The summed E-state index contributed by atoms with van der Waals surface area (Å²) in [4.78, 5) is 0. The molecule has 0 heterocycles. The monoisotopic (exact) mass is 144 g/mol. The SMILES string of the molecule is CCCC[C@@](C)(CC)CO. The summed E-state index contributed by atoms with van der Waals surface area (Å²) in [6.07, 6.45) is 4.72. The third-order valence-electron chi connectivity index (χ3n) is 2.37. The van der Waals surface area contributed by atoms with Crippen molar-refractivity contribution in [1.29, 1.82) is 0 Å². The van der Waals surface area contributed by atoms with Crippen LogP contribution in [0, 0.1) is 5.41 Å². The molecule has 0 radical (unpaired) electrons. The number of rotatable bonds is 5. The molecule has 0 fully saturated rings. The lowest BCUT2D eigenvalue weighted by molar-refractivity contribution is 0.125. The van der Waals surface area contributed by atoms with Crippen molar-refractivity contribution in [1.82, 2.24) is 0 Å². The maximum Gasteiger partial charge on any atom is 0.0484 e. The first kappa shape index (κ1) is 9.96. The van der Waals surface area contributed by atoms with Crippen molar-refractivity contribution >= 4 is 0 Å². The van der Waals surface area contributed by atoms with E-state index in [2.05, 4.69) is 20.8 Å². The van der Waals surface area contributed by atoms with E-state index in [0.717, 1.165) is 12.8 Å². The summed E-state index contributed by atoms with van der Waals surface area (Å²) in [6.45, 7) is 6.82. The van der Waals surface area contributed by atoms with Gasteiger partial charge in [-0.3, -0.25) is 0 Å². The van der Waals surface area contributed by atoms with Gasteiger partial charge in [0.1, 0.15) is 0 Å². The molecule has 0 amide bonds. The molecular formula is C9H20O. The third-order valence-corrected chi connectivity index (χ3v) is 2.37. The molecule has 0 unspecified atom stereocenters. The van der Waals surface area contributed by atoms with Gasteiger partial charge in [0, 0.05) is 6.61 Å². The van der Waals surface area contributed by atoms with Gasteiger partial charge < -0.3 is 5.11 Å². The average Bonchev–Trinajstić information content (AvgIpc) is 2.00. The second-order valence-electron chi connectivity index (χ2n) is 3.43. The van der Waals surface area contributed by atoms with Gasteiger partial charge in [-0.2, -0.15) is 0 Å². The Morgan fingerprint density at radius 1 is 1.30 bits per heavy atom. The van der Waals surface area contributed by atoms with Crippen LogP contribution in [0.2, 0.25) is 0 Å². The van der Waals surface area contributed by atoms with Gasteiger partial charge in [0.15, 0.2) is 0 Å². The molecule has 0 aliphatic heterocycles. The summed E-state index contributed by atoms with van der Waals surface area (Å²) < 4.78 is 0. The van der Waals surface area contributed by atoms with Crippen molar-refractivity contribution in [2.24, 2.45) is 5.41 Å². The van der Waals surface area contributed by atoms with Gasteiger partial charge in [-0.05, 0) is 18.3 Å². The molecule has 0 spiro atoms. The van der Waals surface area contributed by atoms with Gasteiger partial charge in [-0.1, -0.05) is 33.6 Å². The molecule has 0 saturated carbocycles. The minimum absolute atomic E-state index is 0.190. The fourth-order valence-electron chi connectivity index (χ4n) is 0.971. The molecule has 0 aromatic heterocycles. The van der Waals surface area contributed by atoms with Gasteiger partial charge >= 0.3 is 0 Å². The van der Waals surface area contributed by atoms with E-state index in [-0.39, 0.29) is 5.41 Å². The molecule has 0 saturated heterocycles. The Kier molecular flexibility index (Phi) is 4.71. The van der Waals surface area contributed by atoms with Crippen molar-refractivity contribution < 1.29 is 5.11 Å². The van der Waals surface area contributed by atoms with Crippen LogP contribution in [-0.4, -0.2) is 11.7 Å². The van der Waals surface area contributed by atoms with Crippen LogP contribution in [0.15, 0.2) is 0 Å². The molecule has 10 heavy (non-hydrogen) atoms. The normalized spacial score (nSPS) is 16.8. The maximum atomic E-state index is 9.01. The van der Waals surface area contributed by atoms with Crippen molar-refractivity contribution in [3.05, 3.63) is 0 Å². The van der Waals surface area contributed by atoms with Crippen LogP contribution in [0.4, 0.5) is 0 Å². The maximum absolute atomic E-state index is 9.01. The Bertz CT molecular complexity index is 74.8. The third kappa shape index (κ3) is 3.21. The molecule has 0 aromatic rings. The highest BCUT2D eigenvalue weighted by Crippen LogP contribution is 2.26. The first-order valence-electron chi connectivity index (χ1n) is 4.29. The minimum atomic E-state index is 0.190. The molecular weight excluding hydrogens is 124 g/mol. The lowest BCUT2D eigenvalue weighted by Crippen LogP contribution is -2.19. The fourth-order valence-corrected chi connectivity index (χ4v) is 0.971. The van der Waals surface area contributed by atoms with Crippen molar-refractivity contribution in [2.45, 2.75) is 46.5 Å². The van der Waals surface area contributed by atoms with E-state index in [9.17, 15) is 0 Å². The van der Waals surface area contributed by atoms with Crippen molar-refractivity contribution in [3.63, 3.8) is 0 Å². The van der Waals surface area contributed by atoms with Crippen LogP contribution in [0.25, 0.3) is 0 Å². The summed E-state index contributed by atoms with van der Waals surface area (Å²) in [7, 11) is 0. The van der Waals surface area contributed by atoms with E-state index in [1.165, 1.54) is 12.8 Å². The Morgan fingerprint density at radius 3 is 2.20 bits per heavy atom. The quantitative estimate of drug-likeness (QED) is 0.628. The lowest BCUT2D eigenvalue weighted by Gasteiger charge is -2.24. The molecule has 0 aliphatic carbocycles.